The Hall–Kier alpha value is -2.59. The van der Waals surface area contributed by atoms with Crippen LogP contribution in [0.3, 0.4) is 0 Å². The van der Waals surface area contributed by atoms with Gasteiger partial charge in [0.1, 0.15) is 12.4 Å². The number of carbonyl (C=O) groups excluding carboxylic acids is 1. The lowest BCUT2D eigenvalue weighted by atomic mass is 10.1. The van der Waals surface area contributed by atoms with E-state index in [1.807, 2.05) is 6.07 Å². The lowest BCUT2D eigenvalue weighted by Gasteiger charge is -2.24. The molecule has 0 aliphatic heterocycles. The highest BCUT2D eigenvalue weighted by atomic mass is 35.5. The largest absolute Gasteiger partial charge is 0.406 e. The third-order valence-corrected chi connectivity index (χ3v) is 3.59. The average Bonchev–Trinajstić information content (AvgIpc) is 2.53. The number of amides is 1. The van der Waals surface area contributed by atoms with Crippen LogP contribution in [0.4, 0.5) is 17.6 Å². The Morgan fingerprint density at radius 2 is 1.80 bits per heavy atom. The van der Waals surface area contributed by atoms with Crippen molar-refractivity contribution in [1.82, 2.24) is 4.90 Å². The van der Waals surface area contributed by atoms with Gasteiger partial charge in [0, 0.05) is 6.54 Å². The zero-order valence-electron chi connectivity index (χ0n) is 12.6. The molecule has 2 aromatic rings. The molecule has 0 saturated carbocycles. The lowest BCUT2D eigenvalue weighted by Crippen LogP contribution is -2.38. The van der Waals surface area contributed by atoms with Crippen LogP contribution in [0.15, 0.2) is 42.5 Å². The molecule has 2 rings (SSSR count). The Bertz CT molecular complexity index is 813. The van der Waals surface area contributed by atoms with Crippen LogP contribution in [-0.2, 0) is 6.54 Å². The number of rotatable bonds is 4. The maximum absolute atomic E-state index is 13.1. The SMILES string of the molecule is N#Cc1ccc(CN(CC(F)(F)F)C(=O)c2ccc(F)cc2Cl)cc1. The predicted octanol–water partition coefficient (Wildman–Crippen LogP) is 4.56. The van der Waals surface area contributed by atoms with Crippen LogP contribution < -0.4 is 0 Å². The van der Waals surface area contributed by atoms with E-state index >= 15 is 0 Å². The smallest absolute Gasteiger partial charge is 0.325 e. The summed E-state index contributed by atoms with van der Waals surface area (Å²) in [4.78, 5) is 13.0. The van der Waals surface area contributed by atoms with Gasteiger partial charge in [-0.05, 0) is 35.9 Å². The van der Waals surface area contributed by atoms with Gasteiger partial charge in [0.25, 0.3) is 5.91 Å². The van der Waals surface area contributed by atoms with Crippen molar-refractivity contribution in [3.05, 3.63) is 70.0 Å². The van der Waals surface area contributed by atoms with Crippen LogP contribution in [0.2, 0.25) is 5.02 Å². The first-order valence-corrected chi connectivity index (χ1v) is 7.37. The molecule has 8 heteroatoms. The third kappa shape index (κ3) is 5.19. The van der Waals surface area contributed by atoms with Crippen molar-refractivity contribution in [3.8, 4) is 6.07 Å². The Morgan fingerprint density at radius 1 is 1.16 bits per heavy atom. The van der Waals surface area contributed by atoms with Gasteiger partial charge >= 0.3 is 6.18 Å². The number of hydrogen-bond acceptors (Lipinski definition) is 2. The first kappa shape index (κ1) is 18.7. The highest BCUT2D eigenvalue weighted by Crippen LogP contribution is 2.24. The molecule has 130 valence electrons. The second kappa shape index (κ2) is 7.53. The lowest BCUT2D eigenvalue weighted by molar-refractivity contribution is -0.141. The van der Waals surface area contributed by atoms with Gasteiger partial charge in [-0.3, -0.25) is 4.79 Å². The van der Waals surface area contributed by atoms with Crippen LogP contribution in [0.25, 0.3) is 0 Å². The summed E-state index contributed by atoms with van der Waals surface area (Å²) in [6.45, 7) is -1.82. The van der Waals surface area contributed by atoms with Crippen LogP contribution in [0.5, 0.6) is 0 Å². The number of hydrogen-bond donors (Lipinski definition) is 0. The van der Waals surface area contributed by atoms with Gasteiger partial charge in [0.15, 0.2) is 0 Å². The second-order valence-electron chi connectivity index (χ2n) is 5.21. The Kier molecular flexibility index (Phi) is 5.65. The van der Waals surface area contributed by atoms with Crippen molar-refractivity contribution in [2.45, 2.75) is 12.7 Å². The van der Waals surface area contributed by atoms with E-state index < -0.39 is 24.4 Å². The first-order valence-electron chi connectivity index (χ1n) is 7.00. The number of benzene rings is 2. The molecular formula is C17H11ClF4N2O. The fourth-order valence-corrected chi connectivity index (χ4v) is 2.40. The fraction of sp³-hybridized carbons (Fsp3) is 0.176. The maximum Gasteiger partial charge on any atom is 0.406 e. The van der Waals surface area contributed by atoms with Gasteiger partial charge in [-0.15, -0.1) is 0 Å². The van der Waals surface area contributed by atoms with Gasteiger partial charge in [0.05, 0.1) is 22.2 Å². The summed E-state index contributed by atoms with van der Waals surface area (Å²) in [5, 5.41) is 8.48. The molecule has 0 saturated heterocycles. The third-order valence-electron chi connectivity index (χ3n) is 3.28. The minimum absolute atomic E-state index is 0.221. The van der Waals surface area contributed by atoms with E-state index in [2.05, 4.69) is 0 Å². The molecule has 0 radical (unpaired) electrons. The summed E-state index contributed by atoms with van der Waals surface area (Å²) < 4.78 is 51.6. The van der Waals surface area contributed by atoms with E-state index in [9.17, 15) is 22.4 Å². The summed E-state index contributed by atoms with van der Waals surface area (Å²) in [6.07, 6.45) is -4.62. The van der Waals surface area contributed by atoms with Gasteiger partial charge in [-0.1, -0.05) is 23.7 Å². The van der Waals surface area contributed by atoms with Crippen LogP contribution in [0, 0.1) is 17.1 Å². The van der Waals surface area contributed by atoms with Crippen LogP contribution in [-0.4, -0.2) is 23.5 Å². The predicted molar refractivity (Wildman–Crippen MR) is 83.4 cm³/mol. The Morgan fingerprint density at radius 3 is 2.32 bits per heavy atom. The van der Waals surface area contributed by atoms with E-state index in [1.165, 1.54) is 24.3 Å². The molecular weight excluding hydrogens is 360 g/mol. The number of carbonyl (C=O) groups is 1. The Balaban J connectivity index is 2.31. The molecule has 0 fully saturated rings. The first-order chi connectivity index (χ1) is 11.7. The van der Waals surface area contributed by atoms with Crippen molar-refractivity contribution in [1.29, 1.82) is 5.26 Å². The summed E-state index contributed by atoms with van der Waals surface area (Å²) in [6, 6.07) is 10.6. The molecule has 0 atom stereocenters. The van der Waals surface area contributed by atoms with Crippen molar-refractivity contribution in [2.75, 3.05) is 6.54 Å². The topological polar surface area (TPSA) is 44.1 Å². The van der Waals surface area contributed by atoms with Crippen molar-refractivity contribution in [2.24, 2.45) is 0 Å². The molecule has 0 unspecified atom stereocenters. The van der Waals surface area contributed by atoms with E-state index in [0.717, 1.165) is 18.2 Å². The van der Waals surface area contributed by atoms with Gasteiger partial charge in [-0.2, -0.15) is 18.4 Å². The molecule has 25 heavy (non-hydrogen) atoms. The normalized spacial score (nSPS) is 11.0. The van der Waals surface area contributed by atoms with E-state index in [4.69, 9.17) is 16.9 Å². The number of alkyl halides is 3. The van der Waals surface area contributed by atoms with Gasteiger partial charge < -0.3 is 4.90 Å². The molecule has 0 spiro atoms. The number of halogens is 5. The zero-order valence-corrected chi connectivity index (χ0v) is 13.4. The zero-order chi connectivity index (χ0) is 18.6. The maximum atomic E-state index is 13.1. The van der Waals surface area contributed by atoms with Crippen molar-refractivity contribution < 1.29 is 22.4 Å². The molecule has 0 heterocycles. The van der Waals surface area contributed by atoms with E-state index in [1.54, 1.807) is 0 Å². The molecule has 0 N–H and O–H groups in total. The summed E-state index contributed by atoms with van der Waals surface area (Å²) in [7, 11) is 0. The second-order valence-corrected chi connectivity index (χ2v) is 5.62. The molecule has 0 aliphatic carbocycles. The highest BCUT2D eigenvalue weighted by molar-refractivity contribution is 6.33. The van der Waals surface area contributed by atoms with Gasteiger partial charge in [0.2, 0.25) is 0 Å². The standard InChI is InChI=1S/C17H11ClF4N2O/c18-15-7-13(19)5-6-14(15)16(25)24(10-17(20,21)22)9-12-3-1-11(8-23)2-4-12/h1-7H,9-10H2. The molecule has 2 aromatic carbocycles. The van der Waals surface area contributed by atoms with Crippen molar-refractivity contribution in [3.63, 3.8) is 0 Å². The highest BCUT2D eigenvalue weighted by Gasteiger charge is 2.34. The summed E-state index contributed by atoms with van der Waals surface area (Å²) in [5.74, 6) is -1.66. The quantitative estimate of drug-likeness (QED) is 0.741. The average molecular weight is 371 g/mol. The summed E-state index contributed by atoms with van der Waals surface area (Å²) in [5.41, 5.74) is 0.537. The van der Waals surface area contributed by atoms with Crippen molar-refractivity contribution >= 4 is 17.5 Å². The number of nitrogens with zero attached hydrogens (tertiary/aromatic N) is 2. The van der Waals surface area contributed by atoms with Crippen LogP contribution >= 0.6 is 11.6 Å². The monoisotopic (exact) mass is 370 g/mol. The minimum atomic E-state index is -4.62. The molecule has 0 aliphatic rings. The molecule has 3 nitrogen and oxygen atoms in total. The van der Waals surface area contributed by atoms with E-state index in [-0.39, 0.29) is 17.1 Å². The van der Waals surface area contributed by atoms with E-state index in [0.29, 0.717) is 16.0 Å². The number of nitriles is 1. The fourth-order valence-electron chi connectivity index (χ4n) is 2.15. The van der Waals surface area contributed by atoms with Crippen LogP contribution in [0.1, 0.15) is 21.5 Å². The summed E-state index contributed by atoms with van der Waals surface area (Å²) >= 11 is 5.78. The molecule has 0 bridgehead atoms. The van der Waals surface area contributed by atoms with Gasteiger partial charge in [-0.25, -0.2) is 4.39 Å². The minimum Gasteiger partial charge on any atom is -0.325 e. The molecule has 1 amide bonds. The molecule has 0 aromatic heterocycles. The Labute approximate surface area is 146 Å².